The van der Waals surface area contributed by atoms with Crippen LogP contribution in [0.3, 0.4) is 0 Å². The summed E-state index contributed by atoms with van der Waals surface area (Å²) < 4.78 is 23.3. The molecule has 0 aromatic carbocycles. The van der Waals surface area contributed by atoms with Gasteiger partial charge in [0.05, 0.1) is 17.0 Å². The Morgan fingerprint density at radius 2 is 1.74 bits per heavy atom. The number of amides is 1. The lowest BCUT2D eigenvalue weighted by molar-refractivity contribution is -0.122. The smallest absolute Gasteiger partial charge is 0.223 e. The van der Waals surface area contributed by atoms with Crippen molar-refractivity contribution in [3.63, 3.8) is 0 Å². The van der Waals surface area contributed by atoms with E-state index < -0.39 is 14.6 Å². The Morgan fingerprint density at radius 3 is 2.26 bits per heavy atom. The number of carbonyl (C=O) groups is 1. The van der Waals surface area contributed by atoms with Crippen LogP contribution in [0.15, 0.2) is 4.99 Å². The number of hydrogen-bond donors (Lipinski definition) is 3. The number of carbonyl (C=O) groups excluding carboxylic acids is 1. The van der Waals surface area contributed by atoms with Crippen LogP contribution in [-0.2, 0) is 14.6 Å². The number of guanidine groups is 1. The second-order valence-electron chi connectivity index (χ2n) is 6.68. The maximum Gasteiger partial charge on any atom is 0.223 e. The molecule has 0 atom stereocenters. The van der Waals surface area contributed by atoms with Gasteiger partial charge in [-0.2, -0.15) is 0 Å². The average Bonchev–Trinajstić information content (AvgIpc) is 3.26. The van der Waals surface area contributed by atoms with Gasteiger partial charge in [-0.3, -0.25) is 9.79 Å². The number of nitrogens with zero attached hydrogens (tertiary/aromatic N) is 1. The van der Waals surface area contributed by atoms with Crippen LogP contribution in [0.1, 0.15) is 40.5 Å². The molecule has 0 aromatic rings. The predicted molar refractivity (Wildman–Crippen MR) is 93.3 cm³/mol. The number of sulfone groups is 1. The van der Waals surface area contributed by atoms with E-state index in [1.54, 1.807) is 20.8 Å². The zero-order valence-electron chi connectivity index (χ0n) is 14.6. The van der Waals surface area contributed by atoms with Crippen LogP contribution in [0.5, 0.6) is 0 Å². The van der Waals surface area contributed by atoms with E-state index in [9.17, 15) is 13.2 Å². The highest BCUT2D eigenvalue weighted by Crippen LogP contribution is 2.28. The molecule has 0 saturated heterocycles. The molecule has 8 heteroatoms. The van der Waals surface area contributed by atoms with E-state index >= 15 is 0 Å². The first-order valence-electron chi connectivity index (χ1n) is 8.19. The molecular formula is C15H30N4O3S. The summed E-state index contributed by atoms with van der Waals surface area (Å²) in [5, 5.41) is 9.01. The molecule has 1 rings (SSSR count). The fourth-order valence-corrected chi connectivity index (χ4v) is 2.73. The Hall–Kier alpha value is -1.31. The van der Waals surface area contributed by atoms with Gasteiger partial charge in [-0.05, 0) is 40.5 Å². The predicted octanol–water partition coefficient (Wildman–Crippen LogP) is 0.281. The first-order valence-corrected chi connectivity index (χ1v) is 9.85. The van der Waals surface area contributed by atoms with Crippen LogP contribution < -0.4 is 16.0 Å². The minimum absolute atomic E-state index is 0.0193. The quantitative estimate of drug-likeness (QED) is 0.333. The SMILES string of the molecule is CCNC(=NCCS(=O)(=O)C(C)(C)C)NCCNC(=O)C1CC1. The standard InChI is InChI=1S/C15H30N4O3S/c1-5-16-14(18-9-8-17-13(20)12-6-7-12)19-10-11-23(21,22)15(2,3)4/h12H,5-11H2,1-4H3,(H,17,20)(H2,16,18,19). The van der Waals surface area contributed by atoms with Crippen LogP contribution in [0.25, 0.3) is 0 Å². The van der Waals surface area contributed by atoms with Crippen molar-refractivity contribution in [1.82, 2.24) is 16.0 Å². The Labute approximate surface area is 139 Å². The van der Waals surface area contributed by atoms with Crippen LogP contribution in [0.2, 0.25) is 0 Å². The largest absolute Gasteiger partial charge is 0.357 e. The van der Waals surface area contributed by atoms with E-state index in [0.29, 0.717) is 25.6 Å². The minimum Gasteiger partial charge on any atom is -0.357 e. The number of aliphatic imine (C=N–C) groups is 1. The molecule has 0 aromatic heterocycles. The van der Waals surface area contributed by atoms with Gasteiger partial charge < -0.3 is 16.0 Å². The lowest BCUT2D eigenvalue weighted by Crippen LogP contribution is -2.42. The summed E-state index contributed by atoms with van der Waals surface area (Å²) in [5.41, 5.74) is 0. The highest BCUT2D eigenvalue weighted by Gasteiger charge is 2.29. The van der Waals surface area contributed by atoms with Crippen molar-refractivity contribution < 1.29 is 13.2 Å². The Kier molecular flexibility index (Phi) is 7.31. The lowest BCUT2D eigenvalue weighted by atomic mass is 10.3. The summed E-state index contributed by atoms with van der Waals surface area (Å²) in [6.07, 6.45) is 1.98. The van der Waals surface area contributed by atoms with E-state index in [-0.39, 0.29) is 24.1 Å². The summed E-state index contributed by atoms with van der Waals surface area (Å²) in [7, 11) is -3.17. The van der Waals surface area contributed by atoms with E-state index in [4.69, 9.17) is 0 Å². The highest BCUT2D eigenvalue weighted by atomic mass is 32.2. The summed E-state index contributed by atoms with van der Waals surface area (Å²) >= 11 is 0. The molecule has 1 aliphatic carbocycles. The summed E-state index contributed by atoms with van der Waals surface area (Å²) in [5.74, 6) is 0.910. The van der Waals surface area contributed by atoms with Crippen molar-refractivity contribution in [2.75, 3.05) is 31.9 Å². The molecule has 23 heavy (non-hydrogen) atoms. The topological polar surface area (TPSA) is 99.7 Å². The Balaban J connectivity index is 2.36. The molecule has 0 bridgehead atoms. The van der Waals surface area contributed by atoms with Crippen molar-refractivity contribution >= 4 is 21.7 Å². The van der Waals surface area contributed by atoms with Gasteiger partial charge in [0.1, 0.15) is 0 Å². The molecule has 1 amide bonds. The molecule has 3 N–H and O–H groups in total. The minimum atomic E-state index is -3.17. The van der Waals surface area contributed by atoms with Crippen molar-refractivity contribution in [3.05, 3.63) is 0 Å². The number of hydrogen-bond acceptors (Lipinski definition) is 4. The Bertz CT molecular complexity index is 519. The highest BCUT2D eigenvalue weighted by molar-refractivity contribution is 7.92. The molecule has 0 heterocycles. The molecule has 0 aliphatic heterocycles. The van der Waals surface area contributed by atoms with Crippen molar-refractivity contribution in [2.45, 2.75) is 45.3 Å². The fourth-order valence-electron chi connectivity index (χ4n) is 1.78. The molecule has 1 saturated carbocycles. The number of rotatable bonds is 8. The molecular weight excluding hydrogens is 316 g/mol. The van der Waals surface area contributed by atoms with Crippen LogP contribution in [0.4, 0.5) is 0 Å². The van der Waals surface area contributed by atoms with Gasteiger partial charge in [0.2, 0.25) is 5.91 Å². The van der Waals surface area contributed by atoms with Gasteiger partial charge >= 0.3 is 0 Å². The summed E-state index contributed by atoms with van der Waals surface area (Å²) in [6.45, 7) is 9.00. The molecule has 0 spiro atoms. The molecule has 0 unspecified atom stereocenters. The molecule has 1 fully saturated rings. The maximum atomic E-state index is 12.0. The van der Waals surface area contributed by atoms with Crippen LogP contribution in [-0.4, -0.2) is 57.0 Å². The van der Waals surface area contributed by atoms with E-state index in [0.717, 1.165) is 12.8 Å². The third-order valence-electron chi connectivity index (χ3n) is 3.57. The third kappa shape index (κ3) is 7.20. The number of nitrogens with one attached hydrogen (secondary N) is 3. The second kappa shape index (κ2) is 8.52. The van der Waals surface area contributed by atoms with E-state index in [1.807, 2.05) is 6.92 Å². The molecule has 134 valence electrons. The van der Waals surface area contributed by atoms with Gasteiger partial charge in [0, 0.05) is 25.6 Å². The van der Waals surface area contributed by atoms with Gasteiger partial charge in [0.25, 0.3) is 0 Å². The molecule has 7 nitrogen and oxygen atoms in total. The first-order chi connectivity index (χ1) is 10.7. The third-order valence-corrected chi connectivity index (χ3v) is 6.16. The van der Waals surface area contributed by atoms with Gasteiger partial charge in [0.15, 0.2) is 15.8 Å². The zero-order valence-corrected chi connectivity index (χ0v) is 15.4. The van der Waals surface area contributed by atoms with Crippen LogP contribution >= 0.6 is 0 Å². The normalized spacial score (nSPS) is 16.1. The lowest BCUT2D eigenvalue weighted by Gasteiger charge is -2.18. The van der Waals surface area contributed by atoms with Crippen molar-refractivity contribution in [3.8, 4) is 0 Å². The zero-order chi connectivity index (χ0) is 17.5. The van der Waals surface area contributed by atoms with Crippen molar-refractivity contribution in [2.24, 2.45) is 10.9 Å². The monoisotopic (exact) mass is 346 g/mol. The van der Waals surface area contributed by atoms with Gasteiger partial charge in [-0.1, -0.05) is 0 Å². The summed E-state index contributed by atoms with van der Waals surface area (Å²) in [4.78, 5) is 15.8. The first kappa shape index (κ1) is 19.7. The average molecular weight is 346 g/mol. The van der Waals surface area contributed by atoms with E-state index in [2.05, 4.69) is 20.9 Å². The van der Waals surface area contributed by atoms with E-state index in [1.165, 1.54) is 0 Å². The van der Waals surface area contributed by atoms with Crippen molar-refractivity contribution in [1.29, 1.82) is 0 Å². The summed E-state index contributed by atoms with van der Waals surface area (Å²) in [6, 6.07) is 0. The van der Waals surface area contributed by atoms with Gasteiger partial charge in [-0.15, -0.1) is 0 Å². The van der Waals surface area contributed by atoms with Crippen LogP contribution in [0, 0.1) is 5.92 Å². The second-order valence-corrected chi connectivity index (χ2v) is 9.55. The Morgan fingerprint density at radius 1 is 1.13 bits per heavy atom. The maximum absolute atomic E-state index is 12.0. The molecule has 1 aliphatic rings. The fraction of sp³-hybridized carbons (Fsp3) is 0.867. The molecule has 0 radical (unpaired) electrons. The van der Waals surface area contributed by atoms with Gasteiger partial charge in [-0.25, -0.2) is 8.42 Å².